The number of hydrogen-bond donors (Lipinski definition) is 1. The van der Waals surface area contributed by atoms with Gasteiger partial charge in [-0.1, -0.05) is 0 Å². The fourth-order valence-corrected chi connectivity index (χ4v) is 5.71. The third kappa shape index (κ3) is 3.75. The van der Waals surface area contributed by atoms with Crippen LogP contribution in [0, 0.1) is 6.92 Å². The van der Waals surface area contributed by atoms with Crippen LogP contribution in [0.15, 0.2) is 39.6 Å². The molecular weight excluding hydrogens is 406 g/mol. The summed E-state index contributed by atoms with van der Waals surface area (Å²) in [4.78, 5) is 26.8. The van der Waals surface area contributed by atoms with Gasteiger partial charge in [0.15, 0.2) is 0 Å². The molecule has 1 aromatic heterocycles. The van der Waals surface area contributed by atoms with E-state index in [1.165, 1.54) is 22.2 Å². The lowest BCUT2D eigenvalue weighted by molar-refractivity contribution is -0.125. The number of anilines is 1. The average molecular weight is 432 g/mol. The van der Waals surface area contributed by atoms with Crippen molar-refractivity contribution in [2.24, 2.45) is 0 Å². The Bertz CT molecular complexity index is 1090. The van der Waals surface area contributed by atoms with E-state index in [-0.39, 0.29) is 29.7 Å². The zero-order valence-corrected chi connectivity index (χ0v) is 17.9. The first-order valence-corrected chi connectivity index (χ1v) is 11.5. The van der Waals surface area contributed by atoms with Crippen molar-refractivity contribution in [2.75, 3.05) is 18.0 Å². The van der Waals surface area contributed by atoms with Gasteiger partial charge >= 0.3 is 0 Å². The predicted molar refractivity (Wildman–Crippen MR) is 110 cm³/mol. The summed E-state index contributed by atoms with van der Waals surface area (Å²) >= 11 is 0. The molecule has 1 fully saturated rings. The molecule has 30 heavy (non-hydrogen) atoms. The number of nitrogens with zero attached hydrogens (tertiary/aromatic N) is 2. The van der Waals surface area contributed by atoms with Crippen molar-refractivity contribution < 1.29 is 22.4 Å². The molecule has 0 radical (unpaired) electrons. The summed E-state index contributed by atoms with van der Waals surface area (Å²) in [6.07, 6.45) is 1.99. The van der Waals surface area contributed by atoms with Crippen LogP contribution in [-0.2, 0) is 32.6 Å². The van der Waals surface area contributed by atoms with E-state index in [1.807, 2.05) is 13.0 Å². The molecule has 1 atom stereocenters. The largest absolute Gasteiger partial charge is 0.465 e. The van der Waals surface area contributed by atoms with Crippen molar-refractivity contribution in [3.8, 4) is 0 Å². The normalized spacial score (nSPS) is 19.1. The summed E-state index contributed by atoms with van der Waals surface area (Å²) in [7, 11) is -3.56. The monoisotopic (exact) mass is 431 g/mol. The van der Waals surface area contributed by atoms with Crippen molar-refractivity contribution in [1.29, 1.82) is 0 Å². The summed E-state index contributed by atoms with van der Waals surface area (Å²) < 4.78 is 32.7. The molecule has 0 saturated carbocycles. The van der Waals surface area contributed by atoms with E-state index in [1.54, 1.807) is 18.2 Å². The van der Waals surface area contributed by atoms with E-state index in [9.17, 15) is 18.0 Å². The molecule has 0 spiro atoms. The molecule has 2 aliphatic rings. The van der Waals surface area contributed by atoms with E-state index < -0.39 is 16.1 Å². The van der Waals surface area contributed by atoms with Crippen molar-refractivity contribution in [3.63, 3.8) is 0 Å². The van der Waals surface area contributed by atoms with E-state index in [2.05, 4.69) is 5.32 Å². The second-order valence-corrected chi connectivity index (χ2v) is 9.68. The minimum Gasteiger partial charge on any atom is -0.465 e. The third-order valence-corrected chi connectivity index (χ3v) is 7.51. The third-order valence-electron chi connectivity index (χ3n) is 5.61. The summed E-state index contributed by atoms with van der Waals surface area (Å²) in [6.45, 7) is 4.50. The first-order chi connectivity index (χ1) is 14.3. The zero-order chi connectivity index (χ0) is 21.5. The highest BCUT2D eigenvalue weighted by molar-refractivity contribution is 7.89. The van der Waals surface area contributed by atoms with Crippen LogP contribution in [0.5, 0.6) is 0 Å². The Morgan fingerprint density at radius 3 is 2.53 bits per heavy atom. The Hall–Kier alpha value is -2.65. The summed E-state index contributed by atoms with van der Waals surface area (Å²) in [5.74, 6) is 0.812. The number of carbonyl (C=O) groups excluding carboxylic acids is 2. The van der Waals surface area contributed by atoms with Crippen molar-refractivity contribution in [2.45, 2.75) is 50.6 Å². The lowest BCUT2D eigenvalue weighted by atomic mass is 10.1. The molecule has 1 N–H and O–H groups in total. The molecule has 2 amide bonds. The maximum absolute atomic E-state index is 12.9. The van der Waals surface area contributed by atoms with E-state index in [4.69, 9.17) is 4.42 Å². The van der Waals surface area contributed by atoms with E-state index in [0.717, 1.165) is 18.6 Å². The Morgan fingerprint density at radius 1 is 1.17 bits per heavy atom. The lowest BCUT2D eigenvalue weighted by Gasteiger charge is -2.23. The van der Waals surface area contributed by atoms with Gasteiger partial charge in [-0.05, 0) is 55.7 Å². The first kappa shape index (κ1) is 20.6. The van der Waals surface area contributed by atoms with Gasteiger partial charge in [0.1, 0.15) is 17.6 Å². The molecule has 2 aliphatic heterocycles. The molecule has 0 aliphatic carbocycles. The summed E-state index contributed by atoms with van der Waals surface area (Å²) in [5.41, 5.74) is 1.26. The highest BCUT2D eigenvalue weighted by Crippen LogP contribution is 2.35. The first-order valence-electron chi connectivity index (χ1n) is 10.0. The number of furan rings is 1. The number of amides is 2. The van der Waals surface area contributed by atoms with Gasteiger partial charge in [-0.25, -0.2) is 8.42 Å². The predicted octanol–water partition coefficient (Wildman–Crippen LogP) is 1.97. The molecule has 9 heteroatoms. The highest BCUT2D eigenvalue weighted by Gasteiger charge is 2.38. The van der Waals surface area contributed by atoms with E-state index >= 15 is 0 Å². The fraction of sp³-hybridized carbons (Fsp3) is 0.429. The van der Waals surface area contributed by atoms with Gasteiger partial charge in [0.25, 0.3) is 0 Å². The quantitative estimate of drug-likeness (QED) is 0.780. The van der Waals surface area contributed by atoms with Crippen LogP contribution < -0.4 is 10.2 Å². The van der Waals surface area contributed by atoms with Crippen LogP contribution in [0.3, 0.4) is 0 Å². The van der Waals surface area contributed by atoms with Crippen molar-refractivity contribution in [3.05, 3.63) is 47.4 Å². The minimum absolute atomic E-state index is 0.207. The maximum atomic E-state index is 12.9. The topological polar surface area (TPSA) is 99.9 Å². The summed E-state index contributed by atoms with van der Waals surface area (Å²) in [5, 5.41) is 2.81. The van der Waals surface area contributed by atoms with Crippen LogP contribution in [0.4, 0.5) is 5.69 Å². The van der Waals surface area contributed by atoms with Crippen LogP contribution in [0.25, 0.3) is 0 Å². The number of hydrogen-bond acceptors (Lipinski definition) is 5. The standard InChI is InChI=1S/C21H25N3O5S/c1-14-5-6-17(29-14)13-22-21(26)20-12-16-11-18(7-8-19(16)24(20)15(2)25)30(27,28)23-9-3-4-10-23/h5-8,11,20H,3-4,9-10,12-13H2,1-2H3,(H,22,26)/t20-/m1/s1. The Morgan fingerprint density at radius 2 is 1.90 bits per heavy atom. The van der Waals surface area contributed by atoms with Crippen LogP contribution in [0.2, 0.25) is 0 Å². The molecule has 2 aromatic rings. The second kappa shape index (κ2) is 7.88. The number of rotatable bonds is 5. The molecule has 0 bridgehead atoms. The van der Waals surface area contributed by atoms with Gasteiger partial charge in [0, 0.05) is 32.1 Å². The molecule has 1 aromatic carbocycles. The van der Waals surface area contributed by atoms with Crippen molar-refractivity contribution in [1.82, 2.24) is 9.62 Å². The molecule has 4 rings (SSSR count). The SMILES string of the molecule is CC(=O)N1c2ccc(S(=O)(=O)N3CCCC3)cc2C[C@@H]1C(=O)NCc1ccc(C)o1. The van der Waals surface area contributed by atoms with Gasteiger partial charge in [0.05, 0.1) is 11.4 Å². The van der Waals surface area contributed by atoms with Crippen molar-refractivity contribution >= 4 is 27.5 Å². The molecule has 0 unspecified atom stereocenters. The Balaban J connectivity index is 1.56. The number of fused-ring (bicyclic) bond motifs is 1. The van der Waals surface area contributed by atoms with Crippen LogP contribution in [-0.4, -0.2) is 43.7 Å². The number of sulfonamides is 1. The summed E-state index contributed by atoms with van der Waals surface area (Å²) in [6, 6.07) is 7.63. The molecule has 3 heterocycles. The van der Waals surface area contributed by atoms with Crippen LogP contribution >= 0.6 is 0 Å². The minimum atomic E-state index is -3.56. The van der Waals surface area contributed by atoms with E-state index in [0.29, 0.717) is 30.1 Å². The van der Waals surface area contributed by atoms with Gasteiger partial charge in [0.2, 0.25) is 21.8 Å². The smallest absolute Gasteiger partial charge is 0.243 e. The lowest BCUT2D eigenvalue weighted by Crippen LogP contribution is -2.47. The molecule has 8 nitrogen and oxygen atoms in total. The highest BCUT2D eigenvalue weighted by atomic mass is 32.2. The van der Waals surface area contributed by atoms with Gasteiger partial charge < -0.3 is 9.73 Å². The van der Waals surface area contributed by atoms with Crippen LogP contribution in [0.1, 0.15) is 36.8 Å². The van der Waals surface area contributed by atoms with Gasteiger partial charge in [-0.15, -0.1) is 0 Å². The second-order valence-electron chi connectivity index (χ2n) is 7.74. The molecule has 1 saturated heterocycles. The molecule has 160 valence electrons. The average Bonchev–Trinajstić information content (AvgIpc) is 3.44. The Labute approximate surface area is 175 Å². The number of nitrogens with one attached hydrogen (secondary N) is 1. The van der Waals surface area contributed by atoms with Gasteiger partial charge in [-0.2, -0.15) is 4.31 Å². The zero-order valence-electron chi connectivity index (χ0n) is 17.1. The maximum Gasteiger partial charge on any atom is 0.243 e. The number of benzene rings is 1. The number of carbonyl (C=O) groups is 2. The number of aryl methyl sites for hydroxylation is 1. The fourth-order valence-electron chi connectivity index (χ4n) is 4.14. The Kier molecular flexibility index (Phi) is 5.42. The van der Waals surface area contributed by atoms with Gasteiger partial charge in [-0.3, -0.25) is 14.5 Å². The molecular formula is C21H25N3O5S.